The largest absolute Gasteiger partial charge is 0.385 e. The number of aryl methyl sites for hydroxylation is 1. The first-order chi connectivity index (χ1) is 19.0. The number of amides is 1. The molecule has 1 fully saturated rings. The van der Waals surface area contributed by atoms with Gasteiger partial charge in [-0.15, -0.1) is 0 Å². The van der Waals surface area contributed by atoms with Gasteiger partial charge in [0, 0.05) is 51.7 Å². The van der Waals surface area contributed by atoms with Crippen molar-refractivity contribution in [3.05, 3.63) is 89.2 Å². The maximum absolute atomic E-state index is 13.3. The smallest absolute Gasteiger partial charge is 0.224 e. The molecule has 2 heterocycles. The van der Waals surface area contributed by atoms with Crippen molar-refractivity contribution in [2.75, 3.05) is 26.8 Å². The first-order valence-electron chi connectivity index (χ1n) is 13.8. The molecule has 0 aliphatic carbocycles. The van der Waals surface area contributed by atoms with Gasteiger partial charge in [-0.05, 0) is 54.5 Å². The molecule has 4 aromatic rings. The summed E-state index contributed by atoms with van der Waals surface area (Å²) in [5.74, 6) is 1.29. The number of nitrogens with zero attached hydrogens (tertiary/aromatic N) is 3. The van der Waals surface area contributed by atoms with Crippen molar-refractivity contribution >= 4 is 28.5 Å². The van der Waals surface area contributed by atoms with Crippen molar-refractivity contribution in [1.82, 2.24) is 14.5 Å². The second-order valence-electron chi connectivity index (χ2n) is 10.5. The number of hydrogen-bond donors (Lipinski definition) is 1. The van der Waals surface area contributed by atoms with E-state index in [2.05, 4.69) is 47.0 Å². The molecule has 1 saturated heterocycles. The third kappa shape index (κ3) is 6.52. The van der Waals surface area contributed by atoms with Gasteiger partial charge < -0.3 is 19.9 Å². The maximum Gasteiger partial charge on any atom is 0.224 e. The molecule has 2 N–H and O–H groups in total. The number of rotatable bonds is 10. The van der Waals surface area contributed by atoms with E-state index in [0.717, 1.165) is 54.8 Å². The molecule has 3 aromatic carbocycles. The molecule has 7 heteroatoms. The lowest BCUT2D eigenvalue weighted by atomic mass is 9.95. The quantitative estimate of drug-likeness (QED) is 0.246. The Morgan fingerprint density at radius 3 is 2.62 bits per heavy atom. The van der Waals surface area contributed by atoms with E-state index in [-0.39, 0.29) is 17.9 Å². The third-order valence-corrected chi connectivity index (χ3v) is 7.93. The van der Waals surface area contributed by atoms with Crippen LogP contribution in [0.4, 0.5) is 0 Å². The molecule has 0 spiro atoms. The predicted molar refractivity (Wildman–Crippen MR) is 158 cm³/mol. The van der Waals surface area contributed by atoms with Gasteiger partial charge in [0.05, 0.1) is 10.5 Å². The van der Waals surface area contributed by atoms with E-state index in [4.69, 9.17) is 27.1 Å². The van der Waals surface area contributed by atoms with E-state index in [1.165, 1.54) is 11.1 Å². The molecule has 0 bridgehead atoms. The minimum absolute atomic E-state index is 0.119. The summed E-state index contributed by atoms with van der Waals surface area (Å²) in [6.45, 7) is 2.90. The second-order valence-corrected chi connectivity index (χ2v) is 10.9. The molecular weight excluding hydrogens is 508 g/mol. The standard InChI is InChI=1S/C32H37ClN4O2/c1-39-19-7-18-37-29-12-5-11-28(33)31(29)35-32(37)26-10-6-17-36(22-26)30(38)21-27(34)20-23-13-15-25(16-14-23)24-8-3-2-4-9-24/h2-5,8-9,11-16,26-27H,6-7,10,17-22,34H2,1H3. The number of carbonyl (C=O) groups excluding carboxylic acids is 1. The Kier molecular flexibility index (Phi) is 8.97. The van der Waals surface area contributed by atoms with Crippen molar-refractivity contribution in [3.8, 4) is 11.1 Å². The Morgan fingerprint density at radius 1 is 1.08 bits per heavy atom. The lowest BCUT2D eigenvalue weighted by Crippen LogP contribution is -2.42. The summed E-state index contributed by atoms with van der Waals surface area (Å²) in [7, 11) is 1.72. The van der Waals surface area contributed by atoms with Crippen LogP contribution in [0.15, 0.2) is 72.8 Å². The van der Waals surface area contributed by atoms with Crippen molar-refractivity contribution in [2.24, 2.45) is 5.73 Å². The fourth-order valence-corrected chi connectivity index (χ4v) is 5.86. The van der Waals surface area contributed by atoms with Gasteiger partial charge in [0.1, 0.15) is 11.3 Å². The Hall–Kier alpha value is -3.19. The average molecular weight is 545 g/mol. The van der Waals surface area contributed by atoms with E-state index in [1.807, 2.05) is 35.2 Å². The third-order valence-electron chi connectivity index (χ3n) is 7.62. The van der Waals surface area contributed by atoms with Crippen LogP contribution in [-0.4, -0.2) is 53.2 Å². The number of benzene rings is 3. The van der Waals surface area contributed by atoms with Gasteiger partial charge in [0.15, 0.2) is 0 Å². The highest BCUT2D eigenvalue weighted by molar-refractivity contribution is 6.34. The zero-order valence-electron chi connectivity index (χ0n) is 22.6. The number of halogens is 1. The molecule has 0 radical (unpaired) electrons. The molecule has 1 aliphatic heterocycles. The van der Waals surface area contributed by atoms with Crippen LogP contribution in [0.1, 0.15) is 43.0 Å². The minimum Gasteiger partial charge on any atom is -0.385 e. The summed E-state index contributed by atoms with van der Waals surface area (Å²) in [6, 6.07) is 24.5. The van der Waals surface area contributed by atoms with Gasteiger partial charge in [-0.2, -0.15) is 0 Å². The van der Waals surface area contributed by atoms with E-state index in [9.17, 15) is 4.79 Å². The van der Waals surface area contributed by atoms with Crippen LogP contribution in [0.3, 0.4) is 0 Å². The lowest BCUT2D eigenvalue weighted by Gasteiger charge is -2.33. The Morgan fingerprint density at radius 2 is 1.85 bits per heavy atom. The van der Waals surface area contributed by atoms with Gasteiger partial charge in [0.25, 0.3) is 0 Å². The van der Waals surface area contributed by atoms with Crippen molar-refractivity contribution in [2.45, 2.75) is 50.6 Å². The first kappa shape index (κ1) is 27.4. The zero-order chi connectivity index (χ0) is 27.2. The summed E-state index contributed by atoms with van der Waals surface area (Å²) in [5, 5.41) is 0.658. The molecule has 0 saturated carbocycles. The molecule has 1 aromatic heterocycles. The number of ether oxygens (including phenoxy) is 1. The summed E-state index contributed by atoms with van der Waals surface area (Å²) < 4.78 is 7.56. The number of carbonyl (C=O) groups is 1. The predicted octanol–water partition coefficient (Wildman–Crippen LogP) is 6.06. The average Bonchev–Trinajstić information content (AvgIpc) is 3.34. The molecule has 6 nitrogen and oxygen atoms in total. The number of para-hydroxylation sites is 1. The lowest BCUT2D eigenvalue weighted by molar-refractivity contribution is -0.132. The SMILES string of the molecule is COCCCn1c(C2CCCN(C(=O)CC(N)Cc3ccc(-c4ccccc4)cc3)C2)nc2c(Cl)cccc21. The van der Waals surface area contributed by atoms with Gasteiger partial charge >= 0.3 is 0 Å². The monoisotopic (exact) mass is 544 g/mol. The molecule has 39 heavy (non-hydrogen) atoms. The van der Waals surface area contributed by atoms with Crippen LogP contribution in [-0.2, 0) is 22.5 Å². The van der Waals surface area contributed by atoms with Crippen molar-refractivity contribution in [1.29, 1.82) is 0 Å². The summed E-state index contributed by atoms with van der Waals surface area (Å²) >= 11 is 6.51. The summed E-state index contributed by atoms with van der Waals surface area (Å²) in [4.78, 5) is 20.3. The van der Waals surface area contributed by atoms with Crippen molar-refractivity contribution < 1.29 is 9.53 Å². The highest BCUT2D eigenvalue weighted by Gasteiger charge is 2.29. The Bertz CT molecular complexity index is 1390. The van der Waals surface area contributed by atoms with E-state index in [0.29, 0.717) is 31.0 Å². The highest BCUT2D eigenvalue weighted by atomic mass is 35.5. The normalized spacial score (nSPS) is 16.5. The van der Waals surface area contributed by atoms with Crippen LogP contribution in [0.5, 0.6) is 0 Å². The number of hydrogen-bond acceptors (Lipinski definition) is 4. The number of likely N-dealkylation sites (tertiary alicyclic amines) is 1. The fourth-order valence-electron chi connectivity index (χ4n) is 5.65. The highest BCUT2D eigenvalue weighted by Crippen LogP contribution is 2.32. The molecule has 1 aliphatic rings. The maximum atomic E-state index is 13.3. The summed E-state index contributed by atoms with van der Waals surface area (Å²) in [6.07, 6.45) is 3.84. The topological polar surface area (TPSA) is 73.4 Å². The number of imidazole rings is 1. The second kappa shape index (κ2) is 12.8. The number of nitrogens with two attached hydrogens (primary N) is 1. The van der Waals surface area contributed by atoms with E-state index >= 15 is 0 Å². The van der Waals surface area contributed by atoms with Crippen LogP contribution in [0, 0.1) is 0 Å². The Balaban J connectivity index is 1.23. The fraction of sp³-hybridized carbons (Fsp3) is 0.375. The van der Waals surface area contributed by atoms with Crippen molar-refractivity contribution in [3.63, 3.8) is 0 Å². The molecule has 204 valence electrons. The van der Waals surface area contributed by atoms with E-state index in [1.54, 1.807) is 7.11 Å². The Labute approximate surface area is 235 Å². The molecule has 1 amide bonds. The molecule has 2 atom stereocenters. The first-order valence-corrected chi connectivity index (χ1v) is 14.2. The zero-order valence-corrected chi connectivity index (χ0v) is 23.3. The van der Waals surface area contributed by atoms with Crippen LogP contribution >= 0.6 is 11.6 Å². The van der Waals surface area contributed by atoms with Crippen LogP contribution < -0.4 is 5.73 Å². The minimum atomic E-state index is -0.224. The van der Waals surface area contributed by atoms with Crippen LogP contribution in [0.25, 0.3) is 22.2 Å². The van der Waals surface area contributed by atoms with Gasteiger partial charge in [-0.3, -0.25) is 4.79 Å². The van der Waals surface area contributed by atoms with E-state index < -0.39 is 0 Å². The molecular formula is C32H37ClN4O2. The van der Waals surface area contributed by atoms with Gasteiger partial charge in [0.2, 0.25) is 5.91 Å². The number of fused-ring (bicyclic) bond motifs is 1. The number of piperidine rings is 1. The molecule has 2 unspecified atom stereocenters. The molecule has 5 rings (SSSR count). The number of aromatic nitrogens is 2. The van der Waals surface area contributed by atoms with Gasteiger partial charge in [-0.1, -0.05) is 72.3 Å². The number of methoxy groups -OCH3 is 1. The van der Waals surface area contributed by atoms with Gasteiger partial charge in [-0.25, -0.2) is 4.98 Å². The van der Waals surface area contributed by atoms with Crippen LogP contribution in [0.2, 0.25) is 5.02 Å². The summed E-state index contributed by atoms with van der Waals surface area (Å²) in [5.41, 5.74) is 11.9.